The summed E-state index contributed by atoms with van der Waals surface area (Å²) in [7, 11) is 0. The molecule has 4 rings (SSSR count). The van der Waals surface area contributed by atoms with E-state index in [9.17, 15) is 14.4 Å². The van der Waals surface area contributed by atoms with Gasteiger partial charge in [0.25, 0.3) is 5.56 Å². The van der Waals surface area contributed by atoms with Gasteiger partial charge in [0.15, 0.2) is 11.4 Å². The van der Waals surface area contributed by atoms with Crippen LogP contribution in [0.2, 0.25) is 0 Å². The van der Waals surface area contributed by atoms with E-state index in [2.05, 4.69) is 4.99 Å². The molecule has 1 N–H and O–H groups in total. The molecule has 0 spiro atoms. The van der Waals surface area contributed by atoms with Crippen LogP contribution in [0.15, 0.2) is 74.5 Å². The largest absolute Gasteiger partial charge is 0.482 e. The summed E-state index contributed by atoms with van der Waals surface area (Å²) in [5.74, 6) is -1.14. The molecule has 8 nitrogen and oxygen atoms in total. The number of ether oxygens (including phenoxy) is 2. The molecule has 2 heterocycles. The predicted molar refractivity (Wildman–Crippen MR) is 138 cm³/mol. The number of hydrogen-bond donors (Lipinski definition) is 1. The molecule has 1 aromatic heterocycles. The fourth-order valence-electron chi connectivity index (χ4n) is 3.85. The molecular formula is C26H24N2O6S2. The average molecular weight is 525 g/mol. The van der Waals surface area contributed by atoms with E-state index in [1.54, 1.807) is 60.5 Å². The molecule has 186 valence electrons. The number of rotatable bonds is 8. The smallest absolute Gasteiger partial charge is 0.341 e. The Labute approximate surface area is 215 Å². The lowest BCUT2D eigenvalue weighted by molar-refractivity contribution is -0.140. The normalized spacial score (nSPS) is 15.3. The van der Waals surface area contributed by atoms with E-state index >= 15 is 0 Å². The number of allylic oxidation sites excluding steroid dienone is 1. The first-order valence-corrected chi connectivity index (χ1v) is 13.1. The molecule has 10 heteroatoms. The summed E-state index contributed by atoms with van der Waals surface area (Å²) in [5.41, 5.74) is 2.12. The molecule has 0 aliphatic carbocycles. The quantitative estimate of drug-likeness (QED) is 0.357. The first-order valence-electron chi connectivity index (χ1n) is 11.1. The first kappa shape index (κ1) is 25.5. The summed E-state index contributed by atoms with van der Waals surface area (Å²) in [6, 6.07) is 13.9. The van der Waals surface area contributed by atoms with Crippen LogP contribution >= 0.6 is 23.1 Å². The fourth-order valence-corrected chi connectivity index (χ4v) is 5.30. The summed E-state index contributed by atoms with van der Waals surface area (Å²) in [5, 5.41) is 8.76. The molecule has 0 bridgehead atoms. The summed E-state index contributed by atoms with van der Waals surface area (Å²) in [6.45, 7) is 3.27. The van der Waals surface area contributed by atoms with Gasteiger partial charge in [-0.3, -0.25) is 9.36 Å². The van der Waals surface area contributed by atoms with Crippen molar-refractivity contribution in [1.29, 1.82) is 0 Å². The lowest BCUT2D eigenvalue weighted by Gasteiger charge is -2.24. The highest BCUT2D eigenvalue weighted by atomic mass is 32.2. The van der Waals surface area contributed by atoms with E-state index in [4.69, 9.17) is 14.6 Å². The van der Waals surface area contributed by atoms with Crippen LogP contribution in [-0.4, -0.2) is 41.1 Å². The van der Waals surface area contributed by atoms with Crippen molar-refractivity contribution in [3.63, 3.8) is 0 Å². The van der Waals surface area contributed by atoms with Gasteiger partial charge in [-0.25, -0.2) is 14.6 Å². The number of aromatic nitrogens is 1. The van der Waals surface area contributed by atoms with Crippen molar-refractivity contribution in [2.24, 2.45) is 4.99 Å². The molecule has 1 aliphatic heterocycles. The minimum absolute atomic E-state index is 0.213. The number of carbonyl (C=O) groups excluding carboxylic acids is 1. The number of thiazole rings is 1. The number of carbonyl (C=O) groups is 2. The summed E-state index contributed by atoms with van der Waals surface area (Å²) in [6.07, 6.45) is 3.72. The third-order valence-corrected chi connectivity index (χ3v) is 7.22. The van der Waals surface area contributed by atoms with Gasteiger partial charge in [0.1, 0.15) is 5.75 Å². The Morgan fingerprint density at radius 1 is 1.17 bits per heavy atom. The van der Waals surface area contributed by atoms with Gasteiger partial charge >= 0.3 is 11.9 Å². The van der Waals surface area contributed by atoms with Crippen molar-refractivity contribution in [3.8, 4) is 5.75 Å². The number of esters is 1. The number of nitrogens with zero attached hydrogens (tertiary/aromatic N) is 2. The van der Waals surface area contributed by atoms with E-state index in [0.717, 1.165) is 16.0 Å². The monoisotopic (exact) mass is 524 g/mol. The van der Waals surface area contributed by atoms with Crippen LogP contribution in [0.5, 0.6) is 5.75 Å². The number of thioether (sulfide) groups is 1. The molecule has 0 amide bonds. The average Bonchev–Trinajstić information content (AvgIpc) is 3.17. The van der Waals surface area contributed by atoms with Crippen LogP contribution < -0.4 is 19.6 Å². The third kappa shape index (κ3) is 5.29. The summed E-state index contributed by atoms with van der Waals surface area (Å²) in [4.78, 5) is 43.4. The first-order chi connectivity index (χ1) is 17.3. The molecule has 2 aromatic carbocycles. The topological polar surface area (TPSA) is 107 Å². The van der Waals surface area contributed by atoms with Crippen LogP contribution in [-0.2, 0) is 14.3 Å². The summed E-state index contributed by atoms with van der Waals surface area (Å²) >= 11 is 2.85. The highest BCUT2D eigenvalue weighted by Gasteiger charge is 2.33. The molecule has 0 saturated carbocycles. The molecule has 0 radical (unpaired) electrons. The van der Waals surface area contributed by atoms with Crippen LogP contribution in [0, 0.1) is 0 Å². The van der Waals surface area contributed by atoms with E-state index in [1.165, 1.54) is 11.3 Å². The highest BCUT2D eigenvalue weighted by Crippen LogP contribution is 2.31. The van der Waals surface area contributed by atoms with Gasteiger partial charge in [-0.2, -0.15) is 0 Å². The number of aliphatic carboxylic acids is 1. The zero-order valence-electron chi connectivity index (χ0n) is 19.9. The molecule has 0 fully saturated rings. The molecule has 0 saturated heterocycles. The number of carboxylic acids is 1. The van der Waals surface area contributed by atoms with Crippen LogP contribution in [0.3, 0.4) is 0 Å². The Morgan fingerprint density at radius 3 is 2.47 bits per heavy atom. The van der Waals surface area contributed by atoms with Gasteiger partial charge in [0.05, 0.1) is 28.5 Å². The second-order valence-corrected chi connectivity index (χ2v) is 9.72. The summed E-state index contributed by atoms with van der Waals surface area (Å²) < 4.78 is 12.5. The van der Waals surface area contributed by atoms with Crippen molar-refractivity contribution in [3.05, 3.63) is 90.6 Å². The van der Waals surface area contributed by atoms with Crippen molar-refractivity contribution >= 4 is 41.1 Å². The van der Waals surface area contributed by atoms with E-state index in [1.807, 2.05) is 30.5 Å². The van der Waals surface area contributed by atoms with Gasteiger partial charge in [-0.1, -0.05) is 35.6 Å². The zero-order chi connectivity index (χ0) is 25.8. The number of hydrogen-bond acceptors (Lipinski definition) is 8. The van der Waals surface area contributed by atoms with Gasteiger partial charge < -0.3 is 14.6 Å². The van der Waals surface area contributed by atoms with Gasteiger partial charge in [-0.05, 0) is 61.6 Å². The molecule has 1 aliphatic rings. The standard InChI is InChI=1S/C26H24N2O6S2/c1-4-33-25(32)22-15(2)27-26-28(23(22)17-7-11-19(35-3)12-8-17)24(31)20(36-26)13-16-5-9-18(10-6-16)34-14-21(29)30/h5-13,23H,4,14H2,1-3H3,(H,29,30)/b20-13-/t23-/m0/s1. The Bertz CT molecular complexity index is 1500. The van der Waals surface area contributed by atoms with Gasteiger partial charge in [-0.15, -0.1) is 11.8 Å². The zero-order valence-corrected chi connectivity index (χ0v) is 21.5. The second-order valence-electron chi connectivity index (χ2n) is 7.83. The van der Waals surface area contributed by atoms with E-state index in [-0.39, 0.29) is 12.2 Å². The van der Waals surface area contributed by atoms with E-state index in [0.29, 0.717) is 26.4 Å². The van der Waals surface area contributed by atoms with Crippen LogP contribution in [0.1, 0.15) is 31.0 Å². The van der Waals surface area contributed by atoms with Crippen molar-refractivity contribution in [2.45, 2.75) is 24.8 Å². The molecule has 3 aromatic rings. The van der Waals surface area contributed by atoms with Gasteiger partial charge in [0.2, 0.25) is 0 Å². The maximum Gasteiger partial charge on any atom is 0.341 e. The lowest BCUT2D eigenvalue weighted by atomic mass is 9.96. The number of carboxylic acid groups (broad SMARTS) is 1. The molecule has 1 atom stereocenters. The van der Waals surface area contributed by atoms with Crippen molar-refractivity contribution in [2.75, 3.05) is 19.5 Å². The Morgan fingerprint density at radius 2 is 1.86 bits per heavy atom. The minimum atomic E-state index is -1.06. The van der Waals surface area contributed by atoms with Crippen molar-refractivity contribution in [1.82, 2.24) is 4.57 Å². The Hall–Kier alpha value is -3.63. The SMILES string of the molecule is CCOC(=O)C1=C(C)N=c2s/c(=C\c3ccc(OCC(=O)O)cc3)c(=O)n2[C@H]1c1ccc(SC)cc1. The lowest BCUT2D eigenvalue weighted by Crippen LogP contribution is -2.39. The van der Waals surface area contributed by atoms with E-state index < -0.39 is 24.6 Å². The predicted octanol–water partition coefficient (Wildman–Crippen LogP) is 2.98. The number of benzene rings is 2. The van der Waals surface area contributed by atoms with Crippen LogP contribution in [0.4, 0.5) is 0 Å². The fraction of sp³-hybridized carbons (Fsp3) is 0.231. The maximum absolute atomic E-state index is 13.6. The minimum Gasteiger partial charge on any atom is -0.482 e. The molecule has 36 heavy (non-hydrogen) atoms. The van der Waals surface area contributed by atoms with Gasteiger partial charge in [0, 0.05) is 4.90 Å². The van der Waals surface area contributed by atoms with Crippen LogP contribution in [0.25, 0.3) is 6.08 Å². The third-order valence-electron chi connectivity index (χ3n) is 5.49. The Balaban J connectivity index is 1.81. The second kappa shape index (κ2) is 11.0. The Kier molecular flexibility index (Phi) is 7.76. The maximum atomic E-state index is 13.6. The highest BCUT2D eigenvalue weighted by molar-refractivity contribution is 7.98. The molecular weight excluding hydrogens is 500 g/mol. The van der Waals surface area contributed by atoms with Crippen molar-refractivity contribution < 1.29 is 24.2 Å². The molecule has 0 unspecified atom stereocenters. The number of fused-ring (bicyclic) bond motifs is 1.